The van der Waals surface area contributed by atoms with E-state index >= 15 is 0 Å². The molecule has 11 heteroatoms. The highest BCUT2D eigenvalue weighted by atomic mass is 35.5. The molecule has 0 spiro atoms. The van der Waals surface area contributed by atoms with Crippen molar-refractivity contribution in [3.05, 3.63) is 100 Å². The van der Waals surface area contributed by atoms with Crippen LogP contribution >= 0.6 is 48.8 Å². The van der Waals surface area contributed by atoms with E-state index in [9.17, 15) is 0 Å². The molecular weight excluding hydrogens is 626 g/mol. The van der Waals surface area contributed by atoms with Gasteiger partial charge in [-0.15, -0.1) is 37.2 Å². The van der Waals surface area contributed by atoms with Gasteiger partial charge >= 0.3 is 0 Å². The van der Waals surface area contributed by atoms with Crippen molar-refractivity contribution in [1.29, 1.82) is 0 Å². The Morgan fingerprint density at radius 2 is 1.58 bits per heavy atom. The van der Waals surface area contributed by atoms with Crippen molar-refractivity contribution in [2.24, 2.45) is 0 Å². The summed E-state index contributed by atoms with van der Waals surface area (Å²) in [6, 6.07) is 24.5. The number of nitrogens with zero attached hydrogens (tertiary/aromatic N) is 5. The highest BCUT2D eigenvalue weighted by molar-refractivity contribution is 6.30. The maximum absolute atomic E-state index is 6.37. The fourth-order valence-electron chi connectivity index (χ4n) is 5.29. The lowest BCUT2D eigenvalue weighted by molar-refractivity contribution is 0.132. The van der Waals surface area contributed by atoms with Crippen molar-refractivity contribution < 1.29 is 4.74 Å². The van der Waals surface area contributed by atoms with Crippen LogP contribution in [0.5, 0.6) is 5.75 Å². The zero-order valence-electron chi connectivity index (χ0n) is 24.3. The summed E-state index contributed by atoms with van der Waals surface area (Å²) in [6.45, 7) is 11.9. The maximum atomic E-state index is 6.37. The van der Waals surface area contributed by atoms with Gasteiger partial charge in [0.05, 0.1) is 17.6 Å². The maximum Gasteiger partial charge on any atom is 0.159 e. The zero-order chi connectivity index (χ0) is 27.5. The van der Waals surface area contributed by atoms with Gasteiger partial charge in [-0.25, -0.2) is 4.98 Å². The highest BCUT2D eigenvalue weighted by Gasteiger charge is 2.17. The van der Waals surface area contributed by atoms with Crippen molar-refractivity contribution in [1.82, 2.24) is 29.5 Å². The van der Waals surface area contributed by atoms with Crippen molar-refractivity contribution >= 4 is 59.9 Å². The summed E-state index contributed by atoms with van der Waals surface area (Å²) >= 11 is 6.37. The SMILES string of the molecule is CCN1CCN(Cc2ccc3nc(-c4cc(C)n(Cc5cc(Cl)ccc5OCc5ccccc5)n4)[nH]c3c2)CC1.Cl.Cl.Cl. The van der Waals surface area contributed by atoms with Gasteiger partial charge in [-0.1, -0.05) is 54.9 Å². The lowest BCUT2D eigenvalue weighted by Gasteiger charge is -2.34. The van der Waals surface area contributed by atoms with Gasteiger partial charge in [-0.05, 0) is 61.0 Å². The third kappa shape index (κ3) is 8.44. The van der Waals surface area contributed by atoms with E-state index in [1.165, 1.54) is 5.56 Å². The van der Waals surface area contributed by atoms with Crippen LogP contribution in [0.1, 0.15) is 29.3 Å². The Morgan fingerprint density at radius 1 is 0.837 bits per heavy atom. The number of aromatic amines is 1. The van der Waals surface area contributed by atoms with Gasteiger partial charge in [0.2, 0.25) is 0 Å². The Bertz CT molecular complexity index is 1600. The largest absolute Gasteiger partial charge is 0.489 e. The fraction of sp³-hybridized carbons (Fsp3) is 0.312. The number of rotatable bonds is 9. The van der Waals surface area contributed by atoms with E-state index in [0.717, 1.165) is 84.4 Å². The second-order valence-corrected chi connectivity index (χ2v) is 10.9. The number of H-pyrrole nitrogens is 1. The number of likely N-dealkylation sites (N-methyl/N-ethyl adjacent to an activating group) is 1. The first-order valence-electron chi connectivity index (χ1n) is 14.0. The number of hydrogen-bond acceptors (Lipinski definition) is 5. The lowest BCUT2D eigenvalue weighted by atomic mass is 10.1. The number of halogens is 4. The molecule has 5 aromatic rings. The number of benzene rings is 3. The van der Waals surface area contributed by atoms with Gasteiger partial charge in [-0.2, -0.15) is 5.10 Å². The number of hydrogen-bond donors (Lipinski definition) is 1. The first-order valence-corrected chi connectivity index (χ1v) is 14.3. The van der Waals surface area contributed by atoms with Crippen LogP contribution in [0.2, 0.25) is 5.02 Å². The molecule has 1 saturated heterocycles. The van der Waals surface area contributed by atoms with Gasteiger partial charge in [0.25, 0.3) is 0 Å². The lowest BCUT2D eigenvalue weighted by Crippen LogP contribution is -2.45. The molecule has 0 atom stereocenters. The van der Waals surface area contributed by atoms with Crippen LogP contribution in [-0.4, -0.2) is 62.3 Å². The van der Waals surface area contributed by atoms with Crippen LogP contribution in [0.15, 0.2) is 72.8 Å². The Hall–Kier alpha value is -2.78. The minimum absolute atomic E-state index is 0. The molecule has 0 amide bonds. The van der Waals surface area contributed by atoms with Crippen LogP contribution < -0.4 is 4.74 Å². The number of fused-ring (bicyclic) bond motifs is 1. The molecule has 3 heterocycles. The van der Waals surface area contributed by atoms with Gasteiger partial charge in [0.15, 0.2) is 5.82 Å². The molecule has 0 saturated carbocycles. The molecule has 2 aromatic heterocycles. The summed E-state index contributed by atoms with van der Waals surface area (Å²) in [5, 5.41) is 5.58. The third-order valence-corrected chi connectivity index (χ3v) is 7.90. The summed E-state index contributed by atoms with van der Waals surface area (Å²) in [6.07, 6.45) is 0. The molecule has 0 aliphatic carbocycles. The van der Waals surface area contributed by atoms with E-state index in [4.69, 9.17) is 26.4 Å². The number of imidazole rings is 1. The van der Waals surface area contributed by atoms with Crippen molar-refractivity contribution in [3.8, 4) is 17.3 Å². The Balaban J connectivity index is 0.00000169. The molecule has 1 N–H and O–H groups in total. The van der Waals surface area contributed by atoms with E-state index in [2.05, 4.69) is 65.0 Å². The molecular formula is C32H38Cl4N6O. The Morgan fingerprint density at radius 3 is 2.33 bits per heavy atom. The summed E-state index contributed by atoms with van der Waals surface area (Å²) in [7, 11) is 0. The number of piperazine rings is 1. The molecule has 230 valence electrons. The fourth-order valence-corrected chi connectivity index (χ4v) is 5.49. The second-order valence-electron chi connectivity index (χ2n) is 10.5. The number of ether oxygens (including phenoxy) is 1. The number of aromatic nitrogens is 4. The van der Waals surface area contributed by atoms with Gasteiger partial charge in [0.1, 0.15) is 18.1 Å². The third-order valence-electron chi connectivity index (χ3n) is 7.67. The molecule has 1 aliphatic rings. The normalized spacial score (nSPS) is 13.7. The van der Waals surface area contributed by atoms with E-state index < -0.39 is 0 Å². The van der Waals surface area contributed by atoms with Crippen LogP contribution in [0.4, 0.5) is 0 Å². The van der Waals surface area contributed by atoms with Gasteiger partial charge in [0, 0.05) is 49.0 Å². The topological polar surface area (TPSA) is 62.2 Å². The number of aryl methyl sites for hydroxylation is 1. The summed E-state index contributed by atoms with van der Waals surface area (Å²) in [5.74, 6) is 1.58. The van der Waals surface area contributed by atoms with Crippen molar-refractivity contribution in [2.75, 3.05) is 32.7 Å². The second kappa shape index (κ2) is 15.8. The molecule has 7 nitrogen and oxygen atoms in total. The predicted molar refractivity (Wildman–Crippen MR) is 183 cm³/mol. The first-order chi connectivity index (χ1) is 19.5. The Kier molecular flexibility index (Phi) is 12.8. The minimum Gasteiger partial charge on any atom is -0.489 e. The van der Waals surface area contributed by atoms with Crippen LogP contribution in [-0.2, 0) is 19.7 Å². The van der Waals surface area contributed by atoms with E-state index in [0.29, 0.717) is 18.2 Å². The first kappa shape index (κ1) is 34.7. The molecule has 0 unspecified atom stereocenters. The number of nitrogens with one attached hydrogen (secondary N) is 1. The molecule has 1 aliphatic heterocycles. The molecule has 1 fully saturated rings. The summed E-state index contributed by atoms with van der Waals surface area (Å²) in [5.41, 5.74) is 7.25. The molecule has 3 aromatic carbocycles. The van der Waals surface area contributed by atoms with Crippen molar-refractivity contribution in [2.45, 2.75) is 33.5 Å². The van der Waals surface area contributed by atoms with Crippen molar-refractivity contribution in [3.63, 3.8) is 0 Å². The quantitative estimate of drug-likeness (QED) is 0.178. The predicted octanol–water partition coefficient (Wildman–Crippen LogP) is 7.42. The average molecular weight is 665 g/mol. The van der Waals surface area contributed by atoms with Gasteiger partial charge in [-0.3, -0.25) is 9.58 Å². The average Bonchev–Trinajstić information content (AvgIpc) is 3.56. The smallest absolute Gasteiger partial charge is 0.159 e. The zero-order valence-corrected chi connectivity index (χ0v) is 27.5. The molecule has 43 heavy (non-hydrogen) atoms. The molecule has 6 rings (SSSR count). The Labute approximate surface area is 276 Å². The van der Waals surface area contributed by atoms with Gasteiger partial charge < -0.3 is 14.6 Å². The minimum atomic E-state index is 0. The summed E-state index contributed by atoms with van der Waals surface area (Å²) < 4.78 is 8.15. The van der Waals surface area contributed by atoms with Crippen LogP contribution in [0.25, 0.3) is 22.6 Å². The molecule has 0 radical (unpaired) electrons. The van der Waals surface area contributed by atoms with E-state index in [1.807, 2.05) is 41.1 Å². The monoisotopic (exact) mass is 662 g/mol. The highest BCUT2D eigenvalue weighted by Crippen LogP contribution is 2.27. The summed E-state index contributed by atoms with van der Waals surface area (Å²) in [4.78, 5) is 13.4. The van der Waals surface area contributed by atoms with E-state index in [1.54, 1.807) is 0 Å². The standard InChI is InChI=1S/C32H35ClN6O.3ClH/c1-3-37-13-15-38(16-14-37)20-25-9-11-28-29(18-25)35-32(34-28)30-17-23(2)39(36-30)21-26-19-27(33)10-12-31(26)40-22-24-7-5-4-6-8-24;;;/h4-12,17-19H,3,13-16,20-22H2,1-2H3,(H,34,35);3*1H. The van der Waals surface area contributed by atoms with Crippen LogP contribution in [0, 0.1) is 6.92 Å². The van der Waals surface area contributed by atoms with E-state index in [-0.39, 0.29) is 37.2 Å². The van der Waals surface area contributed by atoms with Crippen LogP contribution in [0.3, 0.4) is 0 Å². The molecule has 0 bridgehead atoms.